The Morgan fingerprint density at radius 3 is 2.89 bits per heavy atom. The van der Waals surface area contributed by atoms with Crippen LogP contribution in [-0.4, -0.2) is 11.5 Å². The van der Waals surface area contributed by atoms with Crippen LogP contribution in [0.1, 0.15) is 19.0 Å². The molecule has 0 saturated heterocycles. The number of nitrogens with zero attached hydrogens (tertiary/aromatic N) is 1. The Hall–Kier alpha value is -1.39. The highest BCUT2D eigenvalue weighted by Gasteiger charge is 2.03. The van der Waals surface area contributed by atoms with Crippen molar-refractivity contribution in [2.24, 2.45) is 0 Å². The summed E-state index contributed by atoms with van der Waals surface area (Å²) >= 11 is 3.47. The molecule has 0 radical (unpaired) electrons. The molecule has 3 nitrogen and oxygen atoms in total. The van der Waals surface area contributed by atoms with Gasteiger partial charge >= 0.3 is 0 Å². The number of aromatic nitrogens is 1. The average molecular weight is 321 g/mol. The Bertz CT molecular complexity index is 531. The van der Waals surface area contributed by atoms with E-state index < -0.39 is 0 Å². The Balaban J connectivity index is 2.05. The standard InChI is InChI=1S/C15H17BrN2O/c1-2-8-17-11-12-10-13(7-9-18-12)19-15-6-4-3-5-14(15)16/h3-7,9-10,17H,2,8,11H2,1H3. The summed E-state index contributed by atoms with van der Waals surface area (Å²) in [6.07, 6.45) is 2.89. The molecular weight excluding hydrogens is 304 g/mol. The van der Waals surface area contributed by atoms with Gasteiger partial charge < -0.3 is 10.1 Å². The normalized spacial score (nSPS) is 10.4. The van der Waals surface area contributed by atoms with E-state index in [-0.39, 0.29) is 0 Å². The van der Waals surface area contributed by atoms with Crippen LogP contribution in [0.5, 0.6) is 11.5 Å². The van der Waals surface area contributed by atoms with E-state index in [1.807, 2.05) is 36.4 Å². The van der Waals surface area contributed by atoms with E-state index in [2.05, 4.69) is 33.2 Å². The van der Waals surface area contributed by atoms with E-state index in [1.165, 1.54) is 0 Å². The Kier molecular flexibility index (Phi) is 5.36. The number of halogens is 1. The number of para-hydroxylation sites is 1. The zero-order chi connectivity index (χ0) is 13.5. The van der Waals surface area contributed by atoms with Gasteiger partial charge in [-0.2, -0.15) is 0 Å². The largest absolute Gasteiger partial charge is 0.456 e. The van der Waals surface area contributed by atoms with E-state index in [1.54, 1.807) is 6.20 Å². The number of pyridine rings is 1. The van der Waals surface area contributed by atoms with Gasteiger partial charge in [0.2, 0.25) is 0 Å². The summed E-state index contributed by atoms with van der Waals surface area (Å²) in [5.41, 5.74) is 0.984. The molecule has 0 aliphatic rings. The molecule has 100 valence electrons. The highest BCUT2D eigenvalue weighted by Crippen LogP contribution is 2.29. The minimum atomic E-state index is 0.765. The molecule has 2 aromatic rings. The first-order chi connectivity index (χ1) is 9.29. The van der Waals surface area contributed by atoms with Crippen LogP contribution in [0.4, 0.5) is 0 Å². The molecule has 1 heterocycles. The fourth-order valence-electron chi connectivity index (χ4n) is 1.66. The zero-order valence-corrected chi connectivity index (χ0v) is 12.5. The highest BCUT2D eigenvalue weighted by molar-refractivity contribution is 9.10. The number of hydrogen-bond acceptors (Lipinski definition) is 3. The fraction of sp³-hybridized carbons (Fsp3) is 0.267. The summed E-state index contributed by atoms with van der Waals surface area (Å²) in [5, 5.41) is 3.33. The summed E-state index contributed by atoms with van der Waals surface area (Å²) in [4.78, 5) is 4.32. The monoisotopic (exact) mass is 320 g/mol. The van der Waals surface area contributed by atoms with Gasteiger partial charge in [0.05, 0.1) is 10.2 Å². The SMILES string of the molecule is CCCNCc1cc(Oc2ccccc2Br)ccn1. The fourth-order valence-corrected chi connectivity index (χ4v) is 2.03. The molecule has 0 bridgehead atoms. The third-order valence-electron chi connectivity index (χ3n) is 2.59. The van der Waals surface area contributed by atoms with Crippen molar-refractivity contribution >= 4 is 15.9 Å². The van der Waals surface area contributed by atoms with Crippen molar-refractivity contribution in [3.8, 4) is 11.5 Å². The topological polar surface area (TPSA) is 34.1 Å². The van der Waals surface area contributed by atoms with Crippen LogP contribution in [0.3, 0.4) is 0 Å². The minimum absolute atomic E-state index is 0.765. The van der Waals surface area contributed by atoms with Gasteiger partial charge in [0, 0.05) is 18.8 Å². The number of ether oxygens (including phenoxy) is 1. The first-order valence-corrected chi connectivity index (χ1v) is 7.17. The van der Waals surface area contributed by atoms with Crippen molar-refractivity contribution < 1.29 is 4.74 Å². The van der Waals surface area contributed by atoms with E-state index in [9.17, 15) is 0 Å². The van der Waals surface area contributed by atoms with Crippen LogP contribution in [0.2, 0.25) is 0 Å². The maximum Gasteiger partial charge on any atom is 0.141 e. The second-order valence-electron chi connectivity index (χ2n) is 4.19. The van der Waals surface area contributed by atoms with Gasteiger partial charge in [0.25, 0.3) is 0 Å². The molecule has 0 aliphatic heterocycles. The van der Waals surface area contributed by atoms with Crippen molar-refractivity contribution in [3.63, 3.8) is 0 Å². The van der Waals surface area contributed by atoms with Gasteiger partial charge in [-0.25, -0.2) is 0 Å². The molecule has 0 spiro atoms. The lowest BCUT2D eigenvalue weighted by Crippen LogP contribution is -2.14. The first-order valence-electron chi connectivity index (χ1n) is 6.37. The Morgan fingerprint density at radius 1 is 1.26 bits per heavy atom. The van der Waals surface area contributed by atoms with E-state index in [0.717, 1.165) is 41.2 Å². The average Bonchev–Trinajstić information content (AvgIpc) is 2.42. The summed E-state index contributed by atoms with van der Waals surface area (Å²) < 4.78 is 6.78. The van der Waals surface area contributed by atoms with Crippen LogP contribution in [0.25, 0.3) is 0 Å². The van der Waals surface area contributed by atoms with Crippen molar-refractivity contribution in [1.82, 2.24) is 10.3 Å². The predicted molar refractivity (Wildman–Crippen MR) is 80.5 cm³/mol. The molecule has 2 rings (SSSR count). The van der Waals surface area contributed by atoms with Gasteiger partial charge in [-0.15, -0.1) is 0 Å². The highest BCUT2D eigenvalue weighted by atomic mass is 79.9. The lowest BCUT2D eigenvalue weighted by molar-refractivity contribution is 0.477. The third kappa shape index (κ3) is 4.33. The molecule has 19 heavy (non-hydrogen) atoms. The molecule has 0 atom stereocenters. The Morgan fingerprint density at radius 2 is 2.11 bits per heavy atom. The molecule has 0 aliphatic carbocycles. The summed E-state index contributed by atoms with van der Waals surface area (Å²) in [7, 11) is 0. The Labute approximate surface area is 122 Å². The maximum absolute atomic E-state index is 5.84. The second-order valence-corrected chi connectivity index (χ2v) is 5.05. The van der Waals surface area contributed by atoms with Gasteiger partial charge in [-0.05, 0) is 47.1 Å². The zero-order valence-electron chi connectivity index (χ0n) is 10.9. The quantitative estimate of drug-likeness (QED) is 0.812. The van der Waals surface area contributed by atoms with Crippen molar-refractivity contribution in [3.05, 3.63) is 52.8 Å². The van der Waals surface area contributed by atoms with Gasteiger partial charge in [0.15, 0.2) is 0 Å². The van der Waals surface area contributed by atoms with Crippen molar-refractivity contribution in [2.75, 3.05) is 6.54 Å². The van der Waals surface area contributed by atoms with Gasteiger partial charge in [0.1, 0.15) is 11.5 Å². The van der Waals surface area contributed by atoms with Crippen molar-refractivity contribution in [2.45, 2.75) is 19.9 Å². The molecule has 0 amide bonds. The second kappa shape index (κ2) is 7.26. The first kappa shape index (κ1) is 14.0. The van der Waals surface area contributed by atoms with Gasteiger partial charge in [-0.1, -0.05) is 19.1 Å². The molecule has 0 unspecified atom stereocenters. The van der Waals surface area contributed by atoms with Crippen LogP contribution in [-0.2, 0) is 6.54 Å². The lowest BCUT2D eigenvalue weighted by atomic mass is 10.3. The van der Waals surface area contributed by atoms with Crippen LogP contribution in [0, 0.1) is 0 Å². The maximum atomic E-state index is 5.84. The molecule has 4 heteroatoms. The van der Waals surface area contributed by atoms with Crippen molar-refractivity contribution in [1.29, 1.82) is 0 Å². The molecule has 1 aromatic carbocycles. The minimum Gasteiger partial charge on any atom is -0.456 e. The molecule has 0 fully saturated rings. The van der Waals surface area contributed by atoms with Crippen LogP contribution >= 0.6 is 15.9 Å². The molecule has 0 saturated carbocycles. The molecule has 1 aromatic heterocycles. The number of rotatable bonds is 6. The summed E-state index contributed by atoms with van der Waals surface area (Å²) in [6.45, 7) is 3.91. The molecular formula is C15H17BrN2O. The summed E-state index contributed by atoms with van der Waals surface area (Å²) in [5.74, 6) is 1.61. The summed E-state index contributed by atoms with van der Waals surface area (Å²) in [6, 6.07) is 11.6. The molecule has 1 N–H and O–H groups in total. The van der Waals surface area contributed by atoms with E-state index in [4.69, 9.17) is 4.74 Å². The van der Waals surface area contributed by atoms with Crippen LogP contribution in [0.15, 0.2) is 47.1 Å². The predicted octanol–water partition coefficient (Wildman–Crippen LogP) is 4.14. The number of benzene rings is 1. The van der Waals surface area contributed by atoms with E-state index >= 15 is 0 Å². The van der Waals surface area contributed by atoms with E-state index in [0.29, 0.717) is 0 Å². The third-order valence-corrected chi connectivity index (χ3v) is 3.24. The van der Waals surface area contributed by atoms with Crippen LogP contribution < -0.4 is 10.1 Å². The smallest absolute Gasteiger partial charge is 0.141 e. The lowest BCUT2D eigenvalue weighted by Gasteiger charge is -2.09. The van der Waals surface area contributed by atoms with Gasteiger partial charge in [-0.3, -0.25) is 4.98 Å². The number of hydrogen-bond donors (Lipinski definition) is 1. The number of nitrogens with one attached hydrogen (secondary N) is 1.